The lowest BCUT2D eigenvalue weighted by molar-refractivity contribution is -0.386. The Balaban J connectivity index is 3.42. The summed E-state index contributed by atoms with van der Waals surface area (Å²) in [4.78, 5) is 9.70. The summed E-state index contributed by atoms with van der Waals surface area (Å²) in [6.07, 6.45) is 0.963. The Hall–Kier alpha value is -1.47. The van der Waals surface area contributed by atoms with E-state index in [-0.39, 0.29) is 16.1 Å². The van der Waals surface area contributed by atoms with Crippen LogP contribution in [0.4, 0.5) is 5.69 Å². The molecule has 0 aromatic heterocycles. The zero-order valence-electron chi connectivity index (χ0n) is 7.87. The number of benzene rings is 1. The van der Waals surface area contributed by atoms with Gasteiger partial charge in [0.05, 0.1) is 22.0 Å². The molecular weight excluding hydrogens is 222 g/mol. The van der Waals surface area contributed by atoms with Gasteiger partial charge in [0.15, 0.2) is 9.84 Å². The number of aliphatic hydroxyl groups excluding tert-OH is 1. The predicted octanol–water partition coefficient (Wildman–Crippen LogP) is 0.491. The highest BCUT2D eigenvalue weighted by Crippen LogP contribution is 2.22. The molecule has 7 heteroatoms. The SMILES string of the molecule is CS(=O)(=O)c1ccc(CO)c([N+](=O)[O-])c1. The average molecular weight is 231 g/mol. The van der Waals surface area contributed by atoms with Crippen molar-refractivity contribution in [1.29, 1.82) is 0 Å². The molecular formula is C8H9NO5S. The topological polar surface area (TPSA) is 97.5 Å². The largest absolute Gasteiger partial charge is 0.391 e. The molecule has 0 atom stereocenters. The fraction of sp³-hybridized carbons (Fsp3) is 0.250. The number of nitro benzene ring substituents is 1. The van der Waals surface area contributed by atoms with Gasteiger partial charge in [-0.1, -0.05) is 0 Å². The van der Waals surface area contributed by atoms with Crippen molar-refractivity contribution in [3.05, 3.63) is 33.9 Å². The van der Waals surface area contributed by atoms with E-state index in [0.29, 0.717) is 0 Å². The van der Waals surface area contributed by atoms with Crippen LogP contribution in [0.15, 0.2) is 23.1 Å². The molecule has 0 bridgehead atoms. The summed E-state index contributed by atoms with van der Waals surface area (Å²) in [7, 11) is -3.47. The Morgan fingerprint density at radius 1 is 1.47 bits per heavy atom. The Bertz CT molecular complexity index is 494. The first kappa shape index (κ1) is 11.6. The lowest BCUT2D eigenvalue weighted by atomic mass is 10.2. The summed E-state index contributed by atoms with van der Waals surface area (Å²) >= 11 is 0. The van der Waals surface area contributed by atoms with Gasteiger partial charge < -0.3 is 5.11 Å². The summed E-state index contributed by atoms with van der Waals surface area (Å²) in [6, 6.07) is 3.41. The molecule has 1 aromatic carbocycles. The molecule has 0 unspecified atom stereocenters. The number of sulfone groups is 1. The molecule has 15 heavy (non-hydrogen) atoms. The Morgan fingerprint density at radius 2 is 2.07 bits per heavy atom. The van der Waals surface area contributed by atoms with E-state index < -0.39 is 21.4 Å². The highest BCUT2D eigenvalue weighted by Gasteiger charge is 2.17. The first-order chi connectivity index (χ1) is 6.86. The van der Waals surface area contributed by atoms with Gasteiger partial charge >= 0.3 is 0 Å². The van der Waals surface area contributed by atoms with E-state index in [0.717, 1.165) is 12.3 Å². The zero-order chi connectivity index (χ0) is 11.6. The van der Waals surface area contributed by atoms with E-state index in [9.17, 15) is 18.5 Å². The molecule has 0 saturated heterocycles. The molecule has 0 aliphatic heterocycles. The lowest BCUT2D eigenvalue weighted by Gasteiger charge is -2.01. The van der Waals surface area contributed by atoms with Crippen molar-refractivity contribution in [3.63, 3.8) is 0 Å². The molecule has 6 nitrogen and oxygen atoms in total. The summed E-state index contributed by atoms with van der Waals surface area (Å²) < 4.78 is 22.2. The molecule has 0 spiro atoms. The Kier molecular flexibility index (Phi) is 3.06. The lowest BCUT2D eigenvalue weighted by Crippen LogP contribution is -2.01. The Morgan fingerprint density at radius 3 is 2.47 bits per heavy atom. The molecule has 1 N–H and O–H groups in total. The van der Waals surface area contributed by atoms with Gasteiger partial charge in [-0.2, -0.15) is 0 Å². The van der Waals surface area contributed by atoms with Gasteiger partial charge in [0.1, 0.15) is 0 Å². The van der Waals surface area contributed by atoms with Crippen LogP contribution < -0.4 is 0 Å². The van der Waals surface area contributed by atoms with E-state index in [1.807, 2.05) is 0 Å². The van der Waals surface area contributed by atoms with Crippen LogP contribution in [0.25, 0.3) is 0 Å². The summed E-state index contributed by atoms with van der Waals surface area (Å²) in [5.41, 5.74) is -0.298. The van der Waals surface area contributed by atoms with E-state index in [1.54, 1.807) is 0 Å². The summed E-state index contributed by atoms with van der Waals surface area (Å²) in [5.74, 6) is 0. The maximum absolute atomic E-state index is 11.1. The predicted molar refractivity (Wildman–Crippen MR) is 52.1 cm³/mol. The molecule has 0 aliphatic rings. The second-order valence-corrected chi connectivity index (χ2v) is 4.99. The number of nitro groups is 1. The number of aliphatic hydroxyl groups is 1. The van der Waals surface area contributed by atoms with Gasteiger partial charge in [-0.25, -0.2) is 8.42 Å². The average Bonchev–Trinajstić information content (AvgIpc) is 2.15. The van der Waals surface area contributed by atoms with Crippen molar-refractivity contribution in [3.8, 4) is 0 Å². The van der Waals surface area contributed by atoms with Crippen LogP contribution in [0.3, 0.4) is 0 Å². The molecule has 0 amide bonds. The van der Waals surface area contributed by atoms with Crippen LogP contribution in [0.1, 0.15) is 5.56 Å². The molecule has 82 valence electrons. The van der Waals surface area contributed by atoms with Crippen LogP contribution in [0.2, 0.25) is 0 Å². The van der Waals surface area contributed by atoms with E-state index in [2.05, 4.69) is 0 Å². The standard InChI is InChI=1S/C8H9NO5S/c1-15(13,14)7-3-2-6(5-10)8(4-7)9(11)12/h2-4,10H,5H2,1H3. The first-order valence-corrected chi connectivity index (χ1v) is 5.83. The van der Waals surface area contributed by atoms with Gasteiger partial charge in [-0.3, -0.25) is 10.1 Å². The van der Waals surface area contributed by atoms with Crippen molar-refractivity contribution >= 4 is 15.5 Å². The minimum atomic E-state index is -3.47. The molecule has 1 aromatic rings. The van der Waals surface area contributed by atoms with Gasteiger partial charge in [0, 0.05) is 12.3 Å². The third-order valence-electron chi connectivity index (χ3n) is 1.85. The van der Waals surface area contributed by atoms with E-state index in [1.165, 1.54) is 12.1 Å². The van der Waals surface area contributed by atoms with Gasteiger partial charge in [0.25, 0.3) is 5.69 Å². The number of rotatable bonds is 3. The first-order valence-electron chi connectivity index (χ1n) is 3.94. The van der Waals surface area contributed by atoms with Crippen molar-refractivity contribution in [1.82, 2.24) is 0 Å². The molecule has 0 saturated carbocycles. The van der Waals surface area contributed by atoms with E-state index >= 15 is 0 Å². The highest BCUT2D eigenvalue weighted by atomic mass is 32.2. The number of hydrogen-bond acceptors (Lipinski definition) is 5. The third kappa shape index (κ3) is 2.51. The van der Waals surface area contributed by atoms with Crippen molar-refractivity contribution in [2.24, 2.45) is 0 Å². The second-order valence-electron chi connectivity index (χ2n) is 2.98. The summed E-state index contributed by atoms with van der Waals surface area (Å²) in [5, 5.41) is 19.4. The maximum Gasteiger partial charge on any atom is 0.276 e. The monoisotopic (exact) mass is 231 g/mol. The molecule has 0 heterocycles. The van der Waals surface area contributed by atoms with Crippen LogP contribution in [0.5, 0.6) is 0 Å². The minimum Gasteiger partial charge on any atom is -0.391 e. The molecule has 0 radical (unpaired) electrons. The molecule has 1 rings (SSSR count). The normalized spacial score (nSPS) is 11.3. The van der Waals surface area contributed by atoms with Crippen LogP contribution in [-0.2, 0) is 16.4 Å². The highest BCUT2D eigenvalue weighted by molar-refractivity contribution is 7.90. The van der Waals surface area contributed by atoms with Crippen LogP contribution in [0, 0.1) is 10.1 Å². The fourth-order valence-electron chi connectivity index (χ4n) is 1.08. The van der Waals surface area contributed by atoms with Gasteiger partial charge in [0.2, 0.25) is 0 Å². The van der Waals surface area contributed by atoms with Gasteiger partial charge in [-0.15, -0.1) is 0 Å². The number of hydrogen-bond donors (Lipinski definition) is 1. The fourth-order valence-corrected chi connectivity index (χ4v) is 1.72. The number of nitrogens with zero attached hydrogens (tertiary/aromatic N) is 1. The quantitative estimate of drug-likeness (QED) is 0.603. The van der Waals surface area contributed by atoms with Crippen molar-refractivity contribution < 1.29 is 18.4 Å². The summed E-state index contributed by atoms with van der Waals surface area (Å²) in [6.45, 7) is -0.500. The van der Waals surface area contributed by atoms with Crippen LogP contribution in [-0.4, -0.2) is 24.7 Å². The molecule has 0 fully saturated rings. The Labute approximate surface area is 86.2 Å². The van der Waals surface area contributed by atoms with E-state index in [4.69, 9.17) is 5.11 Å². The van der Waals surface area contributed by atoms with Gasteiger partial charge in [-0.05, 0) is 12.1 Å². The smallest absolute Gasteiger partial charge is 0.276 e. The zero-order valence-corrected chi connectivity index (χ0v) is 8.69. The van der Waals surface area contributed by atoms with Crippen molar-refractivity contribution in [2.45, 2.75) is 11.5 Å². The maximum atomic E-state index is 11.1. The van der Waals surface area contributed by atoms with Crippen LogP contribution >= 0.6 is 0 Å². The minimum absolute atomic E-state index is 0.0902. The molecule has 0 aliphatic carbocycles. The third-order valence-corrected chi connectivity index (χ3v) is 2.96. The van der Waals surface area contributed by atoms with Crippen molar-refractivity contribution in [2.75, 3.05) is 6.26 Å². The second kappa shape index (κ2) is 3.95.